The quantitative estimate of drug-likeness (QED) is 0.0617. The number of carbonyl (C=O) groups is 2. The number of aromatic nitrogens is 8. The molecule has 2 unspecified atom stereocenters. The first-order valence-electron chi connectivity index (χ1n) is 22.3. The van der Waals surface area contributed by atoms with Crippen LogP contribution in [0.4, 0.5) is 37.7 Å². The number of rotatable bonds is 11. The smallest absolute Gasteiger partial charge is 0.382 e. The van der Waals surface area contributed by atoms with Crippen LogP contribution in [0.2, 0.25) is 0 Å². The summed E-state index contributed by atoms with van der Waals surface area (Å²) in [5.74, 6) is 0.350. The molecular weight excluding hydrogens is 939 g/mol. The maximum absolute atomic E-state index is 13.4. The number of epoxide rings is 1. The van der Waals surface area contributed by atoms with Gasteiger partial charge in [0, 0.05) is 45.7 Å². The maximum atomic E-state index is 13.4. The van der Waals surface area contributed by atoms with Crippen molar-refractivity contribution in [3.8, 4) is 22.5 Å². The van der Waals surface area contributed by atoms with Crippen molar-refractivity contribution in [1.82, 2.24) is 40.0 Å². The van der Waals surface area contributed by atoms with Gasteiger partial charge in [0.15, 0.2) is 12.2 Å². The number of nitrogens with zero attached hydrogens (tertiary/aromatic N) is 6. The highest BCUT2D eigenvalue weighted by atomic mass is 19.4. The molecule has 1 aliphatic heterocycles. The number of nitrogens with one attached hydrogen (secondary N) is 4. The third-order valence-electron chi connectivity index (χ3n) is 11.9. The van der Waals surface area contributed by atoms with E-state index in [0.29, 0.717) is 56.2 Å². The number of carbonyl (C=O) groups excluding carboxylic acids is 2. The summed E-state index contributed by atoms with van der Waals surface area (Å²) in [6.45, 7) is -0.963. The minimum Gasteiger partial charge on any atom is -0.382 e. The predicted molar refractivity (Wildman–Crippen MR) is 248 cm³/mol. The van der Waals surface area contributed by atoms with Crippen LogP contribution < -0.4 is 21.8 Å². The van der Waals surface area contributed by atoms with Gasteiger partial charge in [0.25, 0.3) is 22.9 Å². The van der Waals surface area contributed by atoms with Crippen molar-refractivity contribution in [2.45, 2.75) is 62.8 Å². The van der Waals surface area contributed by atoms with Gasteiger partial charge in [-0.3, -0.25) is 29.0 Å². The average Bonchev–Trinajstić information content (AvgIpc) is 4.30. The van der Waals surface area contributed by atoms with Crippen molar-refractivity contribution in [1.29, 1.82) is 0 Å². The van der Waals surface area contributed by atoms with E-state index in [1.165, 1.54) is 31.9 Å². The van der Waals surface area contributed by atoms with E-state index in [0.717, 1.165) is 33.7 Å². The van der Waals surface area contributed by atoms with Crippen LogP contribution in [0.5, 0.6) is 0 Å². The molecule has 0 bridgehead atoms. The summed E-state index contributed by atoms with van der Waals surface area (Å²) in [6, 6.07) is 29.3. The SMILES string of the molecule is FC(F)(F)C1CO1.O=C(Nc1ccc(-c2n[nH]c(=O)c3ccccc23)cc1)c1cnn(CC(O)C(F)(F)F)c1.O=C(Nc1ccc(-c2nn(C(C3CC3)C3CC3)c(=O)c3ccccc23)cc1)c1cn[nH]c1. The number of fused-ring (bicyclic) bond motifs is 2. The monoisotopic (exact) mass is 980 g/mol. The van der Waals surface area contributed by atoms with E-state index in [2.05, 4.69) is 40.9 Å². The lowest BCUT2D eigenvalue weighted by Crippen LogP contribution is -2.32. The molecule has 2 saturated carbocycles. The molecule has 366 valence electrons. The first kappa shape index (κ1) is 48.1. The van der Waals surface area contributed by atoms with E-state index in [1.54, 1.807) is 59.4 Å². The van der Waals surface area contributed by atoms with Crippen LogP contribution in [0.25, 0.3) is 44.1 Å². The molecule has 2 atom stereocenters. The molecular formula is C49H42F6N10O6. The van der Waals surface area contributed by atoms with Crippen molar-refractivity contribution in [3.63, 3.8) is 0 Å². The number of H-pyrrole nitrogens is 2. The van der Waals surface area contributed by atoms with Crippen molar-refractivity contribution >= 4 is 44.7 Å². The van der Waals surface area contributed by atoms with E-state index in [9.17, 15) is 45.5 Å². The lowest BCUT2D eigenvalue weighted by Gasteiger charge is -2.20. The molecule has 1 saturated heterocycles. The summed E-state index contributed by atoms with van der Waals surface area (Å²) >= 11 is 0. The number of benzene rings is 4. The molecule has 3 aliphatic rings. The van der Waals surface area contributed by atoms with Gasteiger partial charge in [-0.25, -0.2) is 9.78 Å². The van der Waals surface area contributed by atoms with Gasteiger partial charge in [-0.05, 0) is 73.9 Å². The molecule has 5 heterocycles. The molecule has 0 radical (unpaired) electrons. The molecule has 4 aromatic heterocycles. The highest BCUT2D eigenvalue weighted by Crippen LogP contribution is 2.51. The Morgan fingerprint density at radius 1 is 0.732 bits per heavy atom. The van der Waals surface area contributed by atoms with E-state index in [4.69, 9.17) is 10.2 Å². The van der Waals surface area contributed by atoms with Crippen molar-refractivity contribution in [2.24, 2.45) is 11.8 Å². The highest BCUT2D eigenvalue weighted by Gasteiger charge is 2.49. The molecule has 11 rings (SSSR count). The number of aliphatic hydroxyl groups excluding tert-OH is 1. The molecule has 8 aromatic rings. The van der Waals surface area contributed by atoms with Crippen LogP contribution >= 0.6 is 0 Å². The molecule has 3 fully saturated rings. The van der Waals surface area contributed by atoms with E-state index in [-0.39, 0.29) is 35.2 Å². The van der Waals surface area contributed by atoms with Crippen LogP contribution in [-0.4, -0.2) is 88.0 Å². The van der Waals surface area contributed by atoms with Crippen molar-refractivity contribution < 1.29 is 45.8 Å². The van der Waals surface area contributed by atoms with Crippen LogP contribution in [0, 0.1) is 11.8 Å². The van der Waals surface area contributed by atoms with E-state index >= 15 is 0 Å². The Bertz CT molecular complexity index is 3300. The molecule has 2 amide bonds. The number of amides is 2. The zero-order valence-corrected chi connectivity index (χ0v) is 37.1. The summed E-state index contributed by atoms with van der Waals surface area (Å²) in [4.78, 5) is 49.9. The number of anilines is 2. The second-order valence-electron chi connectivity index (χ2n) is 17.2. The first-order valence-corrected chi connectivity index (χ1v) is 22.3. The molecule has 16 nitrogen and oxygen atoms in total. The first-order chi connectivity index (χ1) is 34.0. The second kappa shape index (κ2) is 19.8. The highest BCUT2D eigenvalue weighted by molar-refractivity contribution is 6.05. The maximum Gasteiger partial charge on any atom is 0.416 e. The Hall–Kier alpha value is -7.98. The molecule has 71 heavy (non-hydrogen) atoms. The minimum absolute atomic E-state index is 0.0112. The van der Waals surface area contributed by atoms with Crippen LogP contribution in [0.3, 0.4) is 0 Å². The third-order valence-corrected chi connectivity index (χ3v) is 11.9. The van der Waals surface area contributed by atoms with Crippen LogP contribution in [0.1, 0.15) is 52.4 Å². The third kappa shape index (κ3) is 11.4. The average molecular weight is 981 g/mol. The van der Waals surface area contributed by atoms with Gasteiger partial charge >= 0.3 is 12.4 Å². The van der Waals surface area contributed by atoms with E-state index < -0.39 is 37.0 Å². The largest absolute Gasteiger partial charge is 0.416 e. The molecule has 0 spiro atoms. The summed E-state index contributed by atoms with van der Waals surface area (Å²) < 4.78 is 77.3. The number of aromatic amines is 2. The summed E-state index contributed by atoms with van der Waals surface area (Å²) in [6.07, 6.45) is -2.91. The molecule has 4 aromatic carbocycles. The summed E-state index contributed by atoms with van der Waals surface area (Å²) in [7, 11) is 0. The fourth-order valence-corrected chi connectivity index (χ4v) is 7.92. The molecule has 22 heteroatoms. The normalized spacial score (nSPS) is 15.9. The lowest BCUT2D eigenvalue weighted by molar-refractivity contribution is -0.208. The number of aliphatic hydroxyl groups is 1. The van der Waals surface area contributed by atoms with Crippen molar-refractivity contribution in [3.05, 3.63) is 154 Å². The number of ether oxygens (including phenoxy) is 1. The summed E-state index contributed by atoms with van der Waals surface area (Å²) in [5, 5.41) is 39.0. The van der Waals surface area contributed by atoms with Gasteiger partial charge in [-0.15, -0.1) is 0 Å². The zero-order chi connectivity index (χ0) is 50.0. The number of hydrogen-bond acceptors (Lipinski definition) is 10. The Morgan fingerprint density at radius 3 is 1.77 bits per heavy atom. The van der Waals surface area contributed by atoms with Crippen LogP contribution in [0.15, 0.2) is 131 Å². The standard InChI is InChI=1S/C25H23N5O2.C21H16F3N5O3.C3H3F3O/c31-24(18-13-26-27-14-18)28-19-11-9-15(10-12-19)22-20-3-1-2-4-21(20)25(32)30(29-22)23(16-5-6-16)17-7-8-17;22-21(23,24)17(30)11-29-10-13(9-25-29)19(31)26-14-7-5-12(6-8-14)18-15-3-1-2-4-16(15)20(32)28-27-18;4-3(5,6)2-1-7-2/h1-4,9-14,16-17,23H,5-8H2,(H,26,27)(H,28,31);1-10,17,30H,11H2,(H,26,31)(H,28,32);2H,1H2. The zero-order valence-electron chi connectivity index (χ0n) is 37.1. The number of alkyl halides is 6. The van der Waals surface area contributed by atoms with Gasteiger partial charge in [0.05, 0.1) is 64.9 Å². The van der Waals surface area contributed by atoms with Gasteiger partial charge in [-0.1, -0.05) is 60.7 Å². The Balaban J connectivity index is 0.000000154. The van der Waals surface area contributed by atoms with E-state index in [1.807, 2.05) is 48.5 Å². The fraction of sp³-hybridized carbons (Fsp3) is 0.265. The Morgan fingerprint density at radius 2 is 1.27 bits per heavy atom. The lowest BCUT2D eigenvalue weighted by atomic mass is 10.0. The second-order valence-corrected chi connectivity index (χ2v) is 17.2. The van der Waals surface area contributed by atoms with Gasteiger partial charge in [0.1, 0.15) is 0 Å². The van der Waals surface area contributed by atoms with Crippen molar-refractivity contribution in [2.75, 3.05) is 17.2 Å². The molecule has 5 N–H and O–H groups in total. The Kier molecular flexibility index (Phi) is 13.4. The molecule has 2 aliphatic carbocycles. The van der Waals surface area contributed by atoms with Crippen LogP contribution in [-0.2, 0) is 11.3 Å². The predicted octanol–water partition coefficient (Wildman–Crippen LogP) is 8.31. The van der Waals surface area contributed by atoms with Gasteiger partial charge in [0.2, 0.25) is 0 Å². The topological polar surface area (TPSA) is 218 Å². The Labute approximate surface area is 397 Å². The van der Waals surface area contributed by atoms with Gasteiger partial charge < -0.3 is 20.5 Å². The van der Waals surface area contributed by atoms with Gasteiger partial charge in [-0.2, -0.15) is 46.7 Å². The minimum atomic E-state index is -4.78. The summed E-state index contributed by atoms with van der Waals surface area (Å²) in [5.41, 5.74) is 4.36. The number of halogens is 6. The number of hydrogen-bond donors (Lipinski definition) is 5. The fourth-order valence-electron chi connectivity index (χ4n) is 7.92.